The van der Waals surface area contributed by atoms with Crippen LogP contribution in [0.4, 0.5) is 0 Å². The first kappa shape index (κ1) is 17.7. The third-order valence-corrected chi connectivity index (χ3v) is 5.19. The van der Waals surface area contributed by atoms with Crippen LogP contribution in [0.5, 0.6) is 0 Å². The van der Waals surface area contributed by atoms with Crippen LogP contribution in [0.25, 0.3) is 35.1 Å². The van der Waals surface area contributed by atoms with Gasteiger partial charge in [-0.3, -0.25) is 0 Å². The van der Waals surface area contributed by atoms with E-state index in [1.165, 1.54) is 10.8 Å². The monoisotopic (exact) mass is 417 g/mol. The van der Waals surface area contributed by atoms with Gasteiger partial charge in [0.25, 0.3) is 0 Å². The van der Waals surface area contributed by atoms with E-state index in [4.69, 9.17) is 0 Å². The molecule has 5 heteroatoms. The SMILES string of the molecule is C1=c2ccc([nH]2)=Cc2ccc([nH]2)C=c2[nH]c(c3ccccc23)=Cc2ccc1[nH]2.[Mn]. The van der Waals surface area contributed by atoms with Gasteiger partial charge in [0.2, 0.25) is 0 Å². The number of hydrogen-bond acceptors (Lipinski definition) is 0. The molecule has 8 bridgehead atoms. The minimum Gasteiger partial charge on any atom is -0.355 e. The van der Waals surface area contributed by atoms with E-state index in [0.29, 0.717) is 0 Å². The van der Waals surface area contributed by atoms with Gasteiger partial charge < -0.3 is 19.9 Å². The zero-order valence-corrected chi connectivity index (χ0v) is 16.6. The van der Waals surface area contributed by atoms with Gasteiger partial charge >= 0.3 is 0 Å². The van der Waals surface area contributed by atoms with Crippen LogP contribution in [0.3, 0.4) is 0 Å². The average molecular weight is 417 g/mol. The summed E-state index contributed by atoms with van der Waals surface area (Å²) >= 11 is 0. The number of benzene rings is 1. The summed E-state index contributed by atoms with van der Waals surface area (Å²) in [5, 5.41) is 6.76. The first-order chi connectivity index (χ1) is 13.8. The number of nitrogens with one attached hydrogen (secondary N) is 4. The molecule has 5 heterocycles. The second-order valence-corrected chi connectivity index (χ2v) is 7.18. The summed E-state index contributed by atoms with van der Waals surface area (Å²) < 4.78 is 0. The number of rotatable bonds is 0. The molecule has 5 aromatic rings. The Labute approximate surface area is 176 Å². The first-order valence-electron chi connectivity index (χ1n) is 9.37. The molecule has 0 unspecified atom stereocenters. The van der Waals surface area contributed by atoms with E-state index >= 15 is 0 Å². The molecule has 1 aliphatic rings. The van der Waals surface area contributed by atoms with Gasteiger partial charge in [0, 0.05) is 72.0 Å². The first-order valence-corrected chi connectivity index (χ1v) is 9.37. The van der Waals surface area contributed by atoms with Crippen LogP contribution in [0, 0.1) is 0 Å². The maximum absolute atomic E-state index is 3.59. The van der Waals surface area contributed by atoms with E-state index in [0.717, 1.165) is 44.2 Å². The van der Waals surface area contributed by atoms with E-state index < -0.39 is 0 Å². The van der Waals surface area contributed by atoms with Crippen LogP contribution in [0.2, 0.25) is 0 Å². The molecule has 29 heavy (non-hydrogen) atoms. The minimum atomic E-state index is 0. The minimum absolute atomic E-state index is 0. The summed E-state index contributed by atoms with van der Waals surface area (Å²) in [6, 6.07) is 21.1. The Hall–Kier alpha value is -3.40. The van der Waals surface area contributed by atoms with Crippen molar-refractivity contribution in [2.45, 2.75) is 0 Å². The fourth-order valence-corrected chi connectivity index (χ4v) is 3.90. The molecule has 0 aliphatic carbocycles. The number of fused-ring (bicyclic) bond motifs is 11. The molecule has 0 saturated carbocycles. The van der Waals surface area contributed by atoms with Gasteiger partial charge in [0.15, 0.2) is 0 Å². The third-order valence-electron chi connectivity index (χ3n) is 5.19. The molecule has 0 amide bonds. The molecule has 1 aliphatic heterocycles. The van der Waals surface area contributed by atoms with Gasteiger partial charge in [-0.25, -0.2) is 0 Å². The summed E-state index contributed by atoms with van der Waals surface area (Å²) in [6.45, 7) is 0. The Morgan fingerprint density at radius 2 is 0.862 bits per heavy atom. The maximum Gasteiger partial charge on any atom is 0.0485 e. The van der Waals surface area contributed by atoms with Crippen LogP contribution in [0.1, 0.15) is 22.8 Å². The van der Waals surface area contributed by atoms with E-state index in [2.05, 4.69) is 105 Å². The van der Waals surface area contributed by atoms with Gasteiger partial charge in [-0.2, -0.15) is 0 Å². The summed E-state index contributed by atoms with van der Waals surface area (Å²) in [5.41, 5.74) is 4.27. The largest absolute Gasteiger partial charge is 0.355 e. The van der Waals surface area contributed by atoms with Crippen LogP contribution >= 0.6 is 0 Å². The second kappa shape index (κ2) is 6.89. The smallest absolute Gasteiger partial charge is 0.0485 e. The van der Waals surface area contributed by atoms with E-state index in [-0.39, 0.29) is 17.1 Å². The summed E-state index contributed by atoms with van der Waals surface area (Å²) in [4.78, 5) is 14.0. The van der Waals surface area contributed by atoms with Gasteiger partial charge in [-0.15, -0.1) is 0 Å². The van der Waals surface area contributed by atoms with Gasteiger partial charge in [-0.05, 0) is 60.7 Å². The Kier molecular flexibility index (Phi) is 4.20. The zero-order chi connectivity index (χ0) is 18.5. The van der Waals surface area contributed by atoms with Crippen molar-refractivity contribution in [3.05, 3.63) is 105 Å². The predicted molar refractivity (Wildman–Crippen MR) is 113 cm³/mol. The Balaban J connectivity index is 0.00000181. The standard InChI is InChI=1S/C24H18N4.Mn/c1-2-4-22-21(3-1)23-13-19-9-7-17(26-19)11-15-5-6-16(25-15)12-18-8-10-20(27-18)14-24(22)28-23;/h1-14,25-28H;. The summed E-state index contributed by atoms with van der Waals surface area (Å²) in [7, 11) is 0. The predicted octanol–water partition coefficient (Wildman–Crippen LogP) is 1.78. The van der Waals surface area contributed by atoms with E-state index in [1.807, 2.05) is 0 Å². The Morgan fingerprint density at radius 3 is 1.34 bits per heavy atom. The van der Waals surface area contributed by atoms with Gasteiger partial charge in [0.05, 0.1) is 0 Å². The molecule has 1 aromatic carbocycles. The topological polar surface area (TPSA) is 63.2 Å². The summed E-state index contributed by atoms with van der Waals surface area (Å²) in [5.74, 6) is 0. The van der Waals surface area contributed by atoms with Crippen LogP contribution < -0.4 is 21.4 Å². The number of hydrogen-bond donors (Lipinski definition) is 4. The number of aromatic nitrogens is 4. The number of aromatic amines is 4. The van der Waals surface area contributed by atoms with Crippen molar-refractivity contribution in [2.75, 3.05) is 0 Å². The quantitative estimate of drug-likeness (QED) is 0.273. The van der Waals surface area contributed by atoms with E-state index in [9.17, 15) is 0 Å². The average Bonchev–Trinajstić information content (AvgIpc) is 3.47. The third kappa shape index (κ3) is 3.21. The van der Waals surface area contributed by atoms with Crippen molar-refractivity contribution >= 4 is 35.1 Å². The molecule has 6 rings (SSSR count). The van der Waals surface area contributed by atoms with Crippen molar-refractivity contribution in [1.82, 2.24) is 19.9 Å². The molecule has 1 radical (unpaired) electrons. The number of H-pyrrole nitrogens is 4. The van der Waals surface area contributed by atoms with Crippen molar-refractivity contribution in [1.29, 1.82) is 0 Å². The van der Waals surface area contributed by atoms with Crippen molar-refractivity contribution < 1.29 is 17.1 Å². The van der Waals surface area contributed by atoms with Crippen molar-refractivity contribution in [3.63, 3.8) is 0 Å². The molecule has 4 N–H and O–H groups in total. The molecule has 0 saturated heterocycles. The fraction of sp³-hybridized carbons (Fsp3) is 0. The van der Waals surface area contributed by atoms with Crippen LogP contribution in [-0.2, 0) is 17.1 Å². The van der Waals surface area contributed by atoms with Gasteiger partial charge in [0.1, 0.15) is 0 Å². The van der Waals surface area contributed by atoms with Crippen LogP contribution in [-0.4, -0.2) is 19.9 Å². The molecular formula is C24H18MnN4. The maximum atomic E-state index is 3.59. The molecule has 4 nitrogen and oxygen atoms in total. The molecule has 4 aromatic heterocycles. The summed E-state index contributed by atoms with van der Waals surface area (Å²) in [6.07, 6.45) is 8.56. The van der Waals surface area contributed by atoms with Crippen molar-refractivity contribution in [3.8, 4) is 0 Å². The van der Waals surface area contributed by atoms with E-state index in [1.54, 1.807) is 0 Å². The van der Waals surface area contributed by atoms with Gasteiger partial charge in [-0.1, -0.05) is 24.3 Å². The molecule has 0 atom stereocenters. The Morgan fingerprint density at radius 1 is 0.414 bits per heavy atom. The van der Waals surface area contributed by atoms with Crippen molar-refractivity contribution in [2.24, 2.45) is 0 Å². The van der Waals surface area contributed by atoms with Crippen LogP contribution in [0.15, 0.2) is 60.7 Å². The zero-order valence-electron chi connectivity index (χ0n) is 15.5. The second-order valence-electron chi connectivity index (χ2n) is 7.18. The molecular weight excluding hydrogens is 399 g/mol. The molecule has 0 fully saturated rings. The normalized spacial score (nSPS) is 12.3. The molecule has 0 spiro atoms. The Bertz CT molecular complexity index is 1460. The molecule has 141 valence electrons. The fourth-order valence-electron chi connectivity index (χ4n) is 3.90.